The molecule has 0 aromatic heterocycles. The molecule has 6 heteroatoms. The van der Waals surface area contributed by atoms with Crippen LogP contribution in [0.15, 0.2) is 0 Å². The summed E-state index contributed by atoms with van der Waals surface area (Å²) in [5.74, 6) is 0. The van der Waals surface area contributed by atoms with Crippen LogP contribution in [0, 0.1) is 11.3 Å². The summed E-state index contributed by atoms with van der Waals surface area (Å²) in [6.45, 7) is -0.524. The zero-order chi connectivity index (χ0) is 12.7. The molecule has 1 aliphatic carbocycles. The molecule has 0 atom stereocenters. The molecular weight excluding hydrogens is 233 g/mol. The molecule has 0 aromatic carbocycles. The van der Waals surface area contributed by atoms with Gasteiger partial charge in [0, 0.05) is 12.6 Å². The Morgan fingerprint density at radius 3 is 2.47 bits per heavy atom. The summed E-state index contributed by atoms with van der Waals surface area (Å²) < 4.78 is 40.1. The molecule has 1 rings (SSSR count). The quantitative estimate of drug-likeness (QED) is 0.536. The lowest BCUT2D eigenvalue weighted by Gasteiger charge is -2.25. The van der Waals surface area contributed by atoms with E-state index in [0.717, 1.165) is 25.7 Å². The van der Waals surface area contributed by atoms with Gasteiger partial charge in [-0.25, -0.2) is 0 Å². The van der Waals surface area contributed by atoms with E-state index in [0.29, 0.717) is 12.6 Å². The Bertz CT molecular complexity index is 256. The van der Waals surface area contributed by atoms with Crippen LogP contribution in [-0.2, 0) is 4.74 Å². The molecule has 0 unspecified atom stereocenters. The van der Waals surface area contributed by atoms with Crippen molar-refractivity contribution in [3.05, 3.63) is 0 Å². The van der Waals surface area contributed by atoms with Gasteiger partial charge in [0.2, 0.25) is 0 Å². The fourth-order valence-electron chi connectivity index (χ4n) is 2.12. The van der Waals surface area contributed by atoms with Gasteiger partial charge in [0.15, 0.2) is 0 Å². The standard InChI is InChI=1S/C11H17F3N2O/c12-11(13,14)9-17-8-7-16(6-5-15)10-3-1-2-4-10/h10H,1-4,6-9H2. The van der Waals surface area contributed by atoms with Gasteiger partial charge in [0.25, 0.3) is 0 Å². The summed E-state index contributed by atoms with van der Waals surface area (Å²) >= 11 is 0. The van der Waals surface area contributed by atoms with Crippen molar-refractivity contribution >= 4 is 0 Å². The van der Waals surface area contributed by atoms with Crippen molar-refractivity contribution in [1.29, 1.82) is 5.26 Å². The number of alkyl halides is 3. The Balaban J connectivity index is 2.23. The van der Waals surface area contributed by atoms with E-state index in [2.05, 4.69) is 4.74 Å². The number of nitrogens with zero attached hydrogens (tertiary/aromatic N) is 2. The minimum absolute atomic E-state index is 0.0255. The monoisotopic (exact) mass is 250 g/mol. The molecule has 1 saturated carbocycles. The first-order valence-electron chi connectivity index (χ1n) is 5.78. The Hall–Kier alpha value is -0.800. The van der Waals surface area contributed by atoms with E-state index in [1.807, 2.05) is 11.0 Å². The Kier molecular flexibility index (Phi) is 5.72. The van der Waals surface area contributed by atoms with E-state index < -0.39 is 12.8 Å². The van der Waals surface area contributed by atoms with E-state index in [1.54, 1.807) is 0 Å². The molecule has 0 aliphatic heterocycles. The van der Waals surface area contributed by atoms with E-state index >= 15 is 0 Å². The number of halogens is 3. The van der Waals surface area contributed by atoms with Crippen molar-refractivity contribution in [2.45, 2.75) is 37.9 Å². The Morgan fingerprint density at radius 1 is 1.29 bits per heavy atom. The summed E-state index contributed by atoms with van der Waals surface area (Å²) in [5, 5.41) is 8.67. The molecule has 0 radical (unpaired) electrons. The van der Waals surface area contributed by atoms with Crippen molar-refractivity contribution in [2.75, 3.05) is 26.3 Å². The van der Waals surface area contributed by atoms with Crippen molar-refractivity contribution in [3.8, 4) is 6.07 Å². The van der Waals surface area contributed by atoms with Gasteiger partial charge in [-0.3, -0.25) is 4.90 Å². The molecule has 17 heavy (non-hydrogen) atoms. The van der Waals surface area contributed by atoms with Gasteiger partial charge in [-0.1, -0.05) is 12.8 Å². The minimum Gasteiger partial charge on any atom is -0.371 e. The van der Waals surface area contributed by atoms with Crippen LogP contribution in [0.4, 0.5) is 13.2 Å². The SMILES string of the molecule is N#CCN(CCOCC(F)(F)F)C1CCCC1. The molecular formula is C11H17F3N2O. The fraction of sp³-hybridized carbons (Fsp3) is 0.909. The van der Waals surface area contributed by atoms with Gasteiger partial charge in [-0.15, -0.1) is 0 Å². The average Bonchev–Trinajstić information content (AvgIpc) is 2.74. The lowest BCUT2D eigenvalue weighted by atomic mass is 10.2. The van der Waals surface area contributed by atoms with Crippen LogP contribution in [0.5, 0.6) is 0 Å². The first-order chi connectivity index (χ1) is 8.03. The van der Waals surface area contributed by atoms with E-state index in [-0.39, 0.29) is 13.2 Å². The molecule has 3 nitrogen and oxygen atoms in total. The molecule has 0 saturated heterocycles. The van der Waals surface area contributed by atoms with Crippen LogP contribution < -0.4 is 0 Å². The molecule has 0 amide bonds. The highest BCUT2D eigenvalue weighted by atomic mass is 19.4. The van der Waals surface area contributed by atoms with Crippen molar-refractivity contribution in [1.82, 2.24) is 4.90 Å². The summed E-state index contributed by atoms with van der Waals surface area (Å²) in [5.41, 5.74) is 0. The molecule has 0 N–H and O–H groups in total. The predicted octanol–water partition coefficient (Wildman–Crippen LogP) is 2.33. The molecule has 0 spiro atoms. The number of hydrogen-bond donors (Lipinski definition) is 0. The second-order valence-electron chi connectivity index (χ2n) is 4.23. The molecule has 1 fully saturated rings. The summed E-state index contributed by atoms with van der Waals surface area (Å²) in [4.78, 5) is 1.92. The van der Waals surface area contributed by atoms with Gasteiger partial charge >= 0.3 is 6.18 Å². The topological polar surface area (TPSA) is 36.3 Å². The average molecular weight is 250 g/mol. The van der Waals surface area contributed by atoms with Gasteiger partial charge in [-0.05, 0) is 12.8 Å². The number of hydrogen-bond acceptors (Lipinski definition) is 3. The van der Waals surface area contributed by atoms with Gasteiger partial charge in [0.05, 0.1) is 19.2 Å². The lowest BCUT2D eigenvalue weighted by molar-refractivity contribution is -0.174. The third-order valence-corrected chi connectivity index (χ3v) is 2.90. The zero-order valence-corrected chi connectivity index (χ0v) is 9.67. The van der Waals surface area contributed by atoms with Crippen molar-refractivity contribution in [2.24, 2.45) is 0 Å². The normalized spacial score (nSPS) is 17.6. The fourth-order valence-corrected chi connectivity index (χ4v) is 2.12. The third-order valence-electron chi connectivity index (χ3n) is 2.90. The summed E-state index contributed by atoms with van der Waals surface area (Å²) in [6.07, 6.45) is 0.0569. The zero-order valence-electron chi connectivity index (χ0n) is 9.67. The summed E-state index contributed by atoms with van der Waals surface area (Å²) in [6, 6.07) is 2.39. The molecule has 1 aliphatic rings. The van der Waals surface area contributed by atoms with Crippen LogP contribution in [-0.4, -0.2) is 43.4 Å². The van der Waals surface area contributed by atoms with Crippen LogP contribution in [0.1, 0.15) is 25.7 Å². The molecule has 0 heterocycles. The Morgan fingerprint density at radius 2 is 1.94 bits per heavy atom. The molecule has 0 bridgehead atoms. The van der Waals surface area contributed by atoms with Crippen molar-refractivity contribution < 1.29 is 17.9 Å². The number of rotatable bonds is 6. The highest BCUT2D eigenvalue weighted by Gasteiger charge is 2.28. The summed E-state index contributed by atoms with van der Waals surface area (Å²) in [7, 11) is 0. The maximum atomic E-state index is 11.8. The molecule has 0 aromatic rings. The third kappa shape index (κ3) is 5.89. The highest BCUT2D eigenvalue weighted by molar-refractivity contribution is 4.84. The molecule has 98 valence electrons. The van der Waals surface area contributed by atoms with Gasteiger partial charge < -0.3 is 4.74 Å². The Labute approximate surface area is 99.1 Å². The van der Waals surface area contributed by atoms with E-state index in [9.17, 15) is 13.2 Å². The predicted molar refractivity (Wildman–Crippen MR) is 56.3 cm³/mol. The minimum atomic E-state index is -4.27. The first kappa shape index (κ1) is 14.3. The highest BCUT2D eigenvalue weighted by Crippen LogP contribution is 2.23. The first-order valence-corrected chi connectivity index (χ1v) is 5.78. The lowest BCUT2D eigenvalue weighted by Crippen LogP contribution is -2.36. The van der Waals surface area contributed by atoms with E-state index in [1.165, 1.54) is 0 Å². The van der Waals surface area contributed by atoms with Gasteiger partial charge in [-0.2, -0.15) is 18.4 Å². The van der Waals surface area contributed by atoms with Crippen LogP contribution >= 0.6 is 0 Å². The van der Waals surface area contributed by atoms with E-state index in [4.69, 9.17) is 5.26 Å². The second-order valence-corrected chi connectivity index (χ2v) is 4.23. The van der Waals surface area contributed by atoms with Gasteiger partial charge in [0.1, 0.15) is 6.61 Å². The second kappa shape index (κ2) is 6.82. The van der Waals surface area contributed by atoms with Crippen molar-refractivity contribution in [3.63, 3.8) is 0 Å². The van der Waals surface area contributed by atoms with Crippen LogP contribution in [0.2, 0.25) is 0 Å². The number of nitriles is 1. The van der Waals surface area contributed by atoms with Crippen LogP contribution in [0.25, 0.3) is 0 Å². The number of ether oxygens (including phenoxy) is 1. The maximum absolute atomic E-state index is 11.8. The van der Waals surface area contributed by atoms with Crippen LogP contribution in [0.3, 0.4) is 0 Å². The maximum Gasteiger partial charge on any atom is 0.411 e. The largest absolute Gasteiger partial charge is 0.411 e. The smallest absolute Gasteiger partial charge is 0.371 e.